The Balaban J connectivity index is 2.59. The first-order chi connectivity index (χ1) is 6.08. The van der Waals surface area contributed by atoms with Crippen LogP contribution in [-0.4, -0.2) is 10.7 Å². The second kappa shape index (κ2) is 4.45. The van der Waals surface area contributed by atoms with Gasteiger partial charge in [-0.15, -0.1) is 0 Å². The molecule has 0 amide bonds. The van der Waals surface area contributed by atoms with E-state index in [9.17, 15) is 5.11 Å². The molecule has 0 aromatic heterocycles. The van der Waals surface area contributed by atoms with E-state index in [0.717, 1.165) is 19.3 Å². The normalized spacial score (nSPS) is 35.3. The maximum absolute atomic E-state index is 10.5. The zero-order chi connectivity index (χ0) is 9.90. The molecule has 0 radical (unpaired) electrons. The average molecular weight is 184 g/mol. The van der Waals surface area contributed by atoms with Crippen LogP contribution in [0.2, 0.25) is 0 Å². The number of hydrogen-bond donors (Lipinski definition) is 1. The zero-order valence-corrected chi connectivity index (χ0v) is 9.34. The predicted octanol–water partition coefficient (Wildman–Crippen LogP) is 3.36. The van der Waals surface area contributed by atoms with Crippen LogP contribution in [0.15, 0.2) is 0 Å². The Hall–Kier alpha value is -0.0400. The van der Waals surface area contributed by atoms with Crippen LogP contribution in [0, 0.1) is 11.8 Å². The summed E-state index contributed by atoms with van der Waals surface area (Å²) < 4.78 is 0. The highest BCUT2D eigenvalue weighted by Crippen LogP contribution is 2.39. The molecule has 2 unspecified atom stereocenters. The molecule has 0 saturated heterocycles. The minimum absolute atomic E-state index is 0.332. The van der Waals surface area contributed by atoms with Gasteiger partial charge in [-0.05, 0) is 31.1 Å². The summed E-state index contributed by atoms with van der Waals surface area (Å²) in [6, 6.07) is 0. The molecule has 1 nitrogen and oxygen atoms in total. The fourth-order valence-electron chi connectivity index (χ4n) is 2.85. The molecule has 13 heavy (non-hydrogen) atoms. The fraction of sp³-hybridized carbons (Fsp3) is 1.00. The zero-order valence-electron chi connectivity index (χ0n) is 9.34. The van der Waals surface area contributed by atoms with Gasteiger partial charge in [-0.1, -0.05) is 40.0 Å². The van der Waals surface area contributed by atoms with Gasteiger partial charge in [-0.2, -0.15) is 0 Å². The number of hydrogen-bond acceptors (Lipinski definition) is 1. The minimum atomic E-state index is -0.332. The van der Waals surface area contributed by atoms with E-state index in [-0.39, 0.29) is 5.60 Å². The highest BCUT2D eigenvalue weighted by Gasteiger charge is 2.37. The Morgan fingerprint density at radius 3 is 2.62 bits per heavy atom. The summed E-state index contributed by atoms with van der Waals surface area (Å²) in [5, 5.41) is 10.5. The lowest BCUT2D eigenvalue weighted by atomic mass is 9.70. The van der Waals surface area contributed by atoms with Gasteiger partial charge in [0.05, 0.1) is 5.60 Å². The second-order valence-corrected chi connectivity index (χ2v) is 5.05. The molecule has 1 fully saturated rings. The van der Waals surface area contributed by atoms with Crippen LogP contribution in [0.3, 0.4) is 0 Å². The van der Waals surface area contributed by atoms with E-state index in [2.05, 4.69) is 20.8 Å². The predicted molar refractivity (Wildman–Crippen MR) is 56.7 cm³/mol. The van der Waals surface area contributed by atoms with Crippen LogP contribution in [0.25, 0.3) is 0 Å². The van der Waals surface area contributed by atoms with Gasteiger partial charge in [0.25, 0.3) is 0 Å². The van der Waals surface area contributed by atoms with Crippen molar-refractivity contribution in [3.05, 3.63) is 0 Å². The van der Waals surface area contributed by atoms with E-state index >= 15 is 0 Å². The molecule has 1 aliphatic carbocycles. The van der Waals surface area contributed by atoms with E-state index in [1.165, 1.54) is 19.3 Å². The van der Waals surface area contributed by atoms with Crippen molar-refractivity contribution in [1.82, 2.24) is 0 Å². The Morgan fingerprint density at radius 2 is 2.08 bits per heavy atom. The molecular weight excluding hydrogens is 160 g/mol. The Morgan fingerprint density at radius 1 is 1.38 bits per heavy atom. The monoisotopic (exact) mass is 184 g/mol. The van der Waals surface area contributed by atoms with Crippen molar-refractivity contribution in [3.63, 3.8) is 0 Å². The summed E-state index contributed by atoms with van der Waals surface area (Å²) in [6.07, 6.45) is 6.94. The molecule has 0 aromatic carbocycles. The maximum atomic E-state index is 10.5. The third-order valence-corrected chi connectivity index (χ3v) is 3.43. The molecule has 1 heteroatoms. The van der Waals surface area contributed by atoms with Crippen LogP contribution in [0.4, 0.5) is 0 Å². The molecule has 1 aliphatic rings. The van der Waals surface area contributed by atoms with Gasteiger partial charge in [0.1, 0.15) is 0 Å². The first-order valence-corrected chi connectivity index (χ1v) is 5.81. The summed E-state index contributed by atoms with van der Waals surface area (Å²) in [5.41, 5.74) is -0.332. The molecule has 2 atom stereocenters. The quantitative estimate of drug-likeness (QED) is 0.713. The lowest BCUT2D eigenvalue weighted by Gasteiger charge is -2.41. The van der Waals surface area contributed by atoms with Gasteiger partial charge >= 0.3 is 0 Å². The van der Waals surface area contributed by atoms with Crippen molar-refractivity contribution >= 4 is 0 Å². The van der Waals surface area contributed by atoms with Crippen molar-refractivity contribution in [2.75, 3.05) is 0 Å². The Kier molecular flexibility index (Phi) is 3.78. The molecule has 1 saturated carbocycles. The molecule has 1 rings (SSSR count). The summed E-state index contributed by atoms with van der Waals surface area (Å²) in [5.74, 6) is 1.18. The van der Waals surface area contributed by atoms with Crippen LogP contribution >= 0.6 is 0 Å². The van der Waals surface area contributed by atoms with Gasteiger partial charge in [0.15, 0.2) is 0 Å². The van der Waals surface area contributed by atoms with E-state index in [0.29, 0.717) is 11.8 Å². The van der Waals surface area contributed by atoms with Crippen molar-refractivity contribution in [2.45, 2.75) is 64.9 Å². The molecule has 0 heterocycles. The van der Waals surface area contributed by atoms with E-state index in [1.54, 1.807) is 0 Å². The van der Waals surface area contributed by atoms with Crippen molar-refractivity contribution in [2.24, 2.45) is 11.8 Å². The minimum Gasteiger partial charge on any atom is -0.390 e. The molecule has 78 valence electrons. The van der Waals surface area contributed by atoms with Gasteiger partial charge in [0.2, 0.25) is 0 Å². The molecule has 1 N–H and O–H groups in total. The first-order valence-electron chi connectivity index (χ1n) is 5.81. The SMILES string of the molecule is CCC1CCCCC1(O)CC(C)C. The van der Waals surface area contributed by atoms with Crippen molar-refractivity contribution < 1.29 is 5.11 Å². The Bertz CT molecular complexity index is 153. The van der Waals surface area contributed by atoms with E-state index in [4.69, 9.17) is 0 Å². The summed E-state index contributed by atoms with van der Waals surface area (Å²) in [7, 11) is 0. The maximum Gasteiger partial charge on any atom is 0.0678 e. The largest absolute Gasteiger partial charge is 0.390 e. The number of aliphatic hydroxyl groups is 1. The summed E-state index contributed by atoms with van der Waals surface area (Å²) in [4.78, 5) is 0. The summed E-state index contributed by atoms with van der Waals surface area (Å²) >= 11 is 0. The molecule has 0 aliphatic heterocycles. The standard InChI is InChI=1S/C12H24O/c1-4-11-7-5-6-8-12(11,13)9-10(2)3/h10-11,13H,4-9H2,1-3H3. The van der Waals surface area contributed by atoms with Gasteiger partial charge < -0.3 is 5.11 Å². The number of rotatable bonds is 3. The lowest BCUT2D eigenvalue weighted by molar-refractivity contribution is -0.0645. The molecule has 0 aromatic rings. The molecule has 0 spiro atoms. The van der Waals surface area contributed by atoms with Crippen LogP contribution in [-0.2, 0) is 0 Å². The average Bonchev–Trinajstić information content (AvgIpc) is 2.03. The van der Waals surface area contributed by atoms with Crippen LogP contribution in [0.5, 0.6) is 0 Å². The van der Waals surface area contributed by atoms with Crippen molar-refractivity contribution in [1.29, 1.82) is 0 Å². The van der Waals surface area contributed by atoms with Gasteiger partial charge in [-0.3, -0.25) is 0 Å². The fourth-order valence-corrected chi connectivity index (χ4v) is 2.85. The second-order valence-electron chi connectivity index (χ2n) is 5.05. The van der Waals surface area contributed by atoms with E-state index < -0.39 is 0 Å². The van der Waals surface area contributed by atoms with Crippen LogP contribution in [0.1, 0.15) is 59.3 Å². The van der Waals surface area contributed by atoms with Gasteiger partial charge in [0, 0.05) is 0 Å². The highest BCUT2D eigenvalue weighted by atomic mass is 16.3. The van der Waals surface area contributed by atoms with E-state index in [1.807, 2.05) is 0 Å². The lowest BCUT2D eigenvalue weighted by Crippen LogP contribution is -2.41. The molecule has 0 bridgehead atoms. The smallest absolute Gasteiger partial charge is 0.0678 e. The van der Waals surface area contributed by atoms with Gasteiger partial charge in [-0.25, -0.2) is 0 Å². The first kappa shape index (κ1) is 11.0. The summed E-state index contributed by atoms with van der Waals surface area (Å²) in [6.45, 7) is 6.62. The molecular formula is C12H24O. The topological polar surface area (TPSA) is 20.2 Å². The Labute approximate surface area is 82.5 Å². The third-order valence-electron chi connectivity index (χ3n) is 3.43. The third kappa shape index (κ3) is 2.70. The highest BCUT2D eigenvalue weighted by molar-refractivity contribution is 4.89. The van der Waals surface area contributed by atoms with Crippen LogP contribution < -0.4 is 0 Å². The van der Waals surface area contributed by atoms with Crippen molar-refractivity contribution in [3.8, 4) is 0 Å².